The summed E-state index contributed by atoms with van der Waals surface area (Å²) in [7, 11) is 1.34. The van der Waals surface area contributed by atoms with E-state index < -0.39 is 6.10 Å². The summed E-state index contributed by atoms with van der Waals surface area (Å²) < 4.78 is 4.42. The van der Waals surface area contributed by atoms with Gasteiger partial charge in [0, 0.05) is 0 Å². The highest BCUT2D eigenvalue weighted by Crippen LogP contribution is 2.07. The van der Waals surface area contributed by atoms with E-state index in [1.54, 1.807) is 6.92 Å². The van der Waals surface area contributed by atoms with Gasteiger partial charge in [0.05, 0.1) is 19.6 Å². The lowest BCUT2D eigenvalue weighted by Gasteiger charge is -2.11. The first-order valence-electron chi connectivity index (χ1n) is 3.32. The summed E-state index contributed by atoms with van der Waals surface area (Å²) in [5.41, 5.74) is 0. The molecule has 0 heterocycles. The van der Waals surface area contributed by atoms with E-state index in [0.29, 0.717) is 0 Å². The van der Waals surface area contributed by atoms with Gasteiger partial charge in [-0.2, -0.15) is 0 Å². The Labute approximate surface area is 61.0 Å². The molecule has 0 aromatic carbocycles. The summed E-state index contributed by atoms with van der Waals surface area (Å²) in [6.07, 6.45) is -0.159. The molecule has 0 aromatic heterocycles. The van der Waals surface area contributed by atoms with Crippen LogP contribution in [0.1, 0.15) is 20.3 Å². The number of ether oxygens (including phenoxy) is 1. The lowest BCUT2D eigenvalue weighted by molar-refractivity contribution is -0.142. The number of carbonyl (C=O) groups is 1. The van der Waals surface area contributed by atoms with E-state index in [1.165, 1.54) is 7.11 Å². The third-order valence-electron chi connectivity index (χ3n) is 1.54. The highest BCUT2D eigenvalue weighted by Gasteiger charge is 2.13. The average molecular weight is 146 g/mol. The SMILES string of the molecule is COC(=O)C[C@H](C)[C@H](C)O. The van der Waals surface area contributed by atoms with Crippen LogP contribution in [0.15, 0.2) is 0 Å². The van der Waals surface area contributed by atoms with E-state index in [2.05, 4.69) is 4.74 Å². The van der Waals surface area contributed by atoms with Crippen LogP contribution in [-0.4, -0.2) is 24.3 Å². The van der Waals surface area contributed by atoms with Crippen molar-refractivity contribution in [2.24, 2.45) is 5.92 Å². The zero-order valence-corrected chi connectivity index (χ0v) is 6.63. The first-order chi connectivity index (χ1) is 4.57. The van der Waals surface area contributed by atoms with Crippen molar-refractivity contribution < 1.29 is 14.6 Å². The van der Waals surface area contributed by atoms with Gasteiger partial charge in [0.2, 0.25) is 0 Å². The van der Waals surface area contributed by atoms with Gasteiger partial charge in [0.1, 0.15) is 0 Å². The highest BCUT2D eigenvalue weighted by atomic mass is 16.5. The van der Waals surface area contributed by atoms with Crippen molar-refractivity contribution in [1.82, 2.24) is 0 Å². The molecule has 0 aliphatic heterocycles. The Morgan fingerprint density at radius 2 is 2.10 bits per heavy atom. The summed E-state index contributed by atoms with van der Waals surface area (Å²) in [5, 5.41) is 8.96. The van der Waals surface area contributed by atoms with Crippen LogP contribution in [0.3, 0.4) is 0 Å². The molecule has 0 unspecified atom stereocenters. The molecule has 3 nitrogen and oxygen atoms in total. The fraction of sp³-hybridized carbons (Fsp3) is 0.857. The zero-order chi connectivity index (χ0) is 8.15. The second-order valence-electron chi connectivity index (χ2n) is 2.50. The van der Waals surface area contributed by atoms with Crippen LogP contribution in [0.4, 0.5) is 0 Å². The second-order valence-corrected chi connectivity index (χ2v) is 2.50. The van der Waals surface area contributed by atoms with E-state index in [9.17, 15) is 4.79 Å². The fourth-order valence-electron chi connectivity index (χ4n) is 0.517. The van der Waals surface area contributed by atoms with Crippen LogP contribution in [0.5, 0.6) is 0 Å². The van der Waals surface area contributed by atoms with E-state index in [1.807, 2.05) is 6.92 Å². The minimum atomic E-state index is -0.445. The van der Waals surface area contributed by atoms with Crippen LogP contribution >= 0.6 is 0 Å². The third-order valence-corrected chi connectivity index (χ3v) is 1.54. The minimum Gasteiger partial charge on any atom is -0.469 e. The molecular formula is C7H14O3. The first kappa shape index (κ1) is 9.43. The molecule has 0 fully saturated rings. The first-order valence-corrected chi connectivity index (χ1v) is 3.32. The summed E-state index contributed by atoms with van der Waals surface area (Å²) in [5.74, 6) is -0.291. The number of aliphatic hydroxyl groups excluding tert-OH is 1. The Balaban J connectivity index is 3.57. The van der Waals surface area contributed by atoms with E-state index in [4.69, 9.17) is 5.11 Å². The Kier molecular flexibility index (Phi) is 4.03. The normalized spacial score (nSPS) is 16.0. The predicted octanol–water partition coefficient (Wildman–Crippen LogP) is 0.566. The van der Waals surface area contributed by atoms with Crippen molar-refractivity contribution in [2.45, 2.75) is 26.4 Å². The van der Waals surface area contributed by atoms with E-state index >= 15 is 0 Å². The Morgan fingerprint density at radius 1 is 1.60 bits per heavy atom. The summed E-state index contributed by atoms with van der Waals surface area (Å²) in [6, 6.07) is 0. The molecule has 0 saturated carbocycles. The van der Waals surface area contributed by atoms with Gasteiger partial charge in [0.25, 0.3) is 0 Å². The van der Waals surface area contributed by atoms with E-state index in [0.717, 1.165) is 0 Å². The van der Waals surface area contributed by atoms with Gasteiger partial charge in [-0.1, -0.05) is 6.92 Å². The molecule has 60 valence electrons. The summed E-state index contributed by atoms with van der Waals surface area (Å²) >= 11 is 0. The van der Waals surface area contributed by atoms with Gasteiger partial charge in [-0.15, -0.1) is 0 Å². The van der Waals surface area contributed by atoms with Gasteiger partial charge < -0.3 is 9.84 Å². The highest BCUT2D eigenvalue weighted by molar-refractivity contribution is 5.69. The molecule has 0 amide bonds. The van der Waals surface area contributed by atoms with Crippen molar-refractivity contribution in [3.63, 3.8) is 0 Å². The number of methoxy groups -OCH3 is 1. The largest absolute Gasteiger partial charge is 0.469 e. The van der Waals surface area contributed by atoms with Gasteiger partial charge >= 0.3 is 5.97 Å². The lowest BCUT2D eigenvalue weighted by atomic mass is 10.0. The molecule has 0 aliphatic carbocycles. The maximum atomic E-state index is 10.6. The molecule has 3 heteroatoms. The van der Waals surface area contributed by atoms with Gasteiger partial charge in [-0.05, 0) is 12.8 Å². The molecule has 0 radical (unpaired) electrons. The Morgan fingerprint density at radius 3 is 2.40 bits per heavy atom. The van der Waals surface area contributed by atoms with Crippen LogP contribution in [0.25, 0.3) is 0 Å². The molecule has 1 N–H and O–H groups in total. The monoisotopic (exact) mass is 146 g/mol. The van der Waals surface area contributed by atoms with Crippen molar-refractivity contribution in [1.29, 1.82) is 0 Å². The number of carbonyl (C=O) groups excluding carboxylic acids is 1. The maximum absolute atomic E-state index is 10.6. The molecule has 0 spiro atoms. The molecule has 10 heavy (non-hydrogen) atoms. The van der Waals surface area contributed by atoms with Crippen molar-refractivity contribution in [3.8, 4) is 0 Å². The number of rotatable bonds is 3. The molecule has 0 rings (SSSR count). The third kappa shape index (κ3) is 3.45. The van der Waals surface area contributed by atoms with E-state index in [-0.39, 0.29) is 18.3 Å². The summed E-state index contributed by atoms with van der Waals surface area (Å²) in [4.78, 5) is 10.6. The fourth-order valence-corrected chi connectivity index (χ4v) is 0.517. The molecule has 0 bridgehead atoms. The second kappa shape index (κ2) is 4.28. The zero-order valence-electron chi connectivity index (χ0n) is 6.63. The minimum absolute atomic E-state index is 0.0209. The van der Waals surface area contributed by atoms with Crippen LogP contribution < -0.4 is 0 Å². The lowest BCUT2D eigenvalue weighted by Crippen LogP contribution is -2.17. The van der Waals surface area contributed by atoms with Crippen molar-refractivity contribution in [3.05, 3.63) is 0 Å². The standard InChI is InChI=1S/C7H14O3/c1-5(6(2)8)4-7(9)10-3/h5-6,8H,4H2,1-3H3/t5-,6-/m0/s1. The topological polar surface area (TPSA) is 46.5 Å². The van der Waals surface area contributed by atoms with Gasteiger partial charge in [0.15, 0.2) is 0 Å². The van der Waals surface area contributed by atoms with Gasteiger partial charge in [-0.25, -0.2) is 0 Å². The number of esters is 1. The summed E-state index contributed by atoms with van der Waals surface area (Å²) in [6.45, 7) is 3.47. The Bertz CT molecular complexity index is 109. The average Bonchev–Trinajstić information content (AvgIpc) is 1.87. The number of hydrogen-bond donors (Lipinski definition) is 1. The van der Waals surface area contributed by atoms with Crippen molar-refractivity contribution >= 4 is 5.97 Å². The molecule has 0 saturated heterocycles. The smallest absolute Gasteiger partial charge is 0.305 e. The molecule has 0 aromatic rings. The number of hydrogen-bond acceptors (Lipinski definition) is 3. The molecule has 2 atom stereocenters. The molecular weight excluding hydrogens is 132 g/mol. The maximum Gasteiger partial charge on any atom is 0.305 e. The number of aliphatic hydroxyl groups is 1. The van der Waals surface area contributed by atoms with Gasteiger partial charge in [-0.3, -0.25) is 4.79 Å². The van der Waals surface area contributed by atoms with Crippen LogP contribution in [0, 0.1) is 5.92 Å². The predicted molar refractivity (Wildman–Crippen MR) is 37.5 cm³/mol. The Hall–Kier alpha value is -0.570. The molecule has 0 aliphatic rings. The van der Waals surface area contributed by atoms with Crippen LogP contribution in [-0.2, 0) is 9.53 Å². The quantitative estimate of drug-likeness (QED) is 0.592. The van der Waals surface area contributed by atoms with Crippen LogP contribution in [0.2, 0.25) is 0 Å². The van der Waals surface area contributed by atoms with Crippen molar-refractivity contribution in [2.75, 3.05) is 7.11 Å².